The highest BCUT2D eigenvalue weighted by atomic mass is 35.5. The summed E-state index contributed by atoms with van der Waals surface area (Å²) in [6.45, 7) is 12.5. The Hall–Kier alpha value is -2.54. The van der Waals surface area contributed by atoms with Gasteiger partial charge in [-0.3, -0.25) is 14.5 Å². The molecule has 0 aromatic heterocycles. The predicted octanol–water partition coefficient (Wildman–Crippen LogP) is 6.71. The molecule has 2 fully saturated rings. The molecule has 2 aliphatic rings. The third-order valence-electron chi connectivity index (χ3n) is 8.68. The number of likely N-dealkylation sites (tertiary alicyclic amines) is 1. The second-order valence-corrected chi connectivity index (χ2v) is 12.8. The van der Waals surface area contributed by atoms with Crippen LogP contribution in [0.3, 0.4) is 0 Å². The maximum Gasteiger partial charge on any atom is 0.303 e. The van der Waals surface area contributed by atoms with E-state index in [1.54, 1.807) is 19.2 Å². The van der Waals surface area contributed by atoms with Crippen LogP contribution in [-0.4, -0.2) is 66.6 Å². The van der Waals surface area contributed by atoms with Crippen molar-refractivity contribution in [2.24, 2.45) is 5.92 Å². The van der Waals surface area contributed by atoms with Gasteiger partial charge in [0.25, 0.3) is 0 Å². The number of benzene rings is 2. The normalized spacial score (nSPS) is 24.4. The first-order chi connectivity index (χ1) is 19.5. The molecule has 3 unspecified atom stereocenters. The van der Waals surface area contributed by atoms with Crippen LogP contribution < -0.4 is 4.74 Å². The maximum absolute atomic E-state index is 14.0. The summed E-state index contributed by atoms with van der Waals surface area (Å²) < 4.78 is 12.0. The molecule has 1 amide bonds. The summed E-state index contributed by atoms with van der Waals surface area (Å²) in [5.74, 6) is 0.826. The average molecular weight is 602 g/mol. The van der Waals surface area contributed by atoms with Gasteiger partial charge in [0, 0.05) is 38.0 Å². The van der Waals surface area contributed by atoms with Gasteiger partial charge in [0.2, 0.25) is 5.91 Å². The molecule has 1 aliphatic heterocycles. The number of carbonyl (C=O) groups is 2. The Labute approximate surface area is 254 Å². The first-order valence-electron chi connectivity index (χ1n) is 14.4. The molecule has 1 heterocycles. The van der Waals surface area contributed by atoms with Gasteiger partial charge < -0.3 is 14.4 Å². The molecule has 222 valence electrons. The van der Waals surface area contributed by atoms with Gasteiger partial charge in [-0.2, -0.15) is 0 Å². The quantitative estimate of drug-likeness (QED) is 0.224. The zero-order chi connectivity index (χ0) is 29.8. The maximum atomic E-state index is 14.0. The number of fused-ring (bicyclic) bond motifs is 1. The van der Waals surface area contributed by atoms with Crippen LogP contribution >= 0.6 is 23.2 Å². The molecule has 0 spiro atoms. The SMILES string of the molecule is C=CCN1CCC2(c3cccc(OC)c3)CC(N(CC(C)C)C(=O)Cc3ccc(Cl)c(Cl)c3)CCC2(OC(C)=O)C1. The van der Waals surface area contributed by atoms with Gasteiger partial charge in [0.1, 0.15) is 11.4 Å². The van der Waals surface area contributed by atoms with Gasteiger partial charge in [-0.05, 0) is 73.5 Å². The van der Waals surface area contributed by atoms with Crippen molar-refractivity contribution in [1.29, 1.82) is 0 Å². The second kappa shape index (κ2) is 13.2. The number of rotatable bonds is 10. The van der Waals surface area contributed by atoms with E-state index in [0.717, 1.165) is 42.8 Å². The molecule has 2 aromatic carbocycles. The van der Waals surface area contributed by atoms with Crippen LogP contribution in [0.2, 0.25) is 10.0 Å². The number of hydrogen-bond acceptors (Lipinski definition) is 5. The third-order valence-corrected chi connectivity index (χ3v) is 9.42. The van der Waals surface area contributed by atoms with Crippen molar-refractivity contribution in [2.75, 3.05) is 33.3 Å². The average Bonchev–Trinajstić information content (AvgIpc) is 2.93. The molecule has 1 saturated carbocycles. The van der Waals surface area contributed by atoms with Gasteiger partial charge in [-0.1, -0.05) is 61.3 Å². The van der Waals surface area contributed by atoms with Crippen LogP contribution in [-0.2, 0) is 26.2 Å². The highest BCUT2D eigenvalue weighted by molar-refractivity contribution is 6.42. The van der Waals surface area contributed by atoms with Crippen molar-refractivity contribution in [3.63, 3.8) is 0 Å². The molecule has 4 rings (SSSR count). The van der Waals surface area contributed by atoms with E-state index in [4.69, 9.17) is 32.7 Å². The minimum Gasteiger partial charge on any atom is -0.497 e. The summed E-state index contributed by atoms with van der Waals surface area (Å²) in [7, 11) is 1.67. The van der Waals surface area contributed by atoms with Gasteiger partial charge >= 0.3 is 5.97 Å². The summed E-state index contributed by atoms with van der Waals surface area (Å²) in [6, 6.07) is 13.5. The first-order valence-corrected chi connectivity index (χ1v) is 15.2. The Morgan fingerprint density at radius 1 is 1.17 bits per heavy atom. The van der Waals surface area contributed by atoms with Gasteiger partial charge in [0.05, 0.1) is 23.6 Å². The minimum atomic E-state index is -0.737. The number of halogens is 2. The number of carbonyl (C=O) groups excluding carboxylic acids is 2. The lowest BCUT2D eigenvalue weighted by Crippen LogP contribution is -2.69. The first kappa shape index (κ1) is 31.4. The van der Waals surface area contributed by atoms with Crippen LogP contribution in [0.25, 0.3) is 0 Å². The fraction of sp³-hybridized carbons (Fsp3) is 0.515. The molecule has 0 N–H and O–H groups in total. The highest BCUT2D eigenvalue weighted by Crippen LogP contribution is 2.55. The van der Waals surface area contributed by atoms with E-state index < -0.39 is 11.0 Å². The molecule has 1 aliphatic carbocycles. The van der Waals surface area contributed by atoms with E-state index >= 15 is 0 Å². The zero-order valence-corrected chi connectivity index (χ0v) is 26.1. The summed E-state index contributed by atoms with van der Waals surface area (Å²) in [4.78, 5) is 31.0. The molecule has 0 radical (unpaired) electrons. The summed E-state index contributed by atoms with van der Waals surface area (Å²) in [6.07, 6.45) is 5.01. The number of amides is 1. The smallest absolute Gasteiger partial charge is 0.303 e. The van der Waals surface area contributed by atoms with Crippen LogP contribution in [0.15, 0.2) is 55.1 Å². The fourth-order valence-corrected chi connectivity index (χ4v) is 7.28. The molecular formula is C33H42Cl2N2O4. The Morgan fingerprint density at radius 2 is 1.95 bits per heavy atom. The van der Waals surface area contributed by atoms with Crippen LogP contribution in [0, 0.1) is 5.92 Å². The van der Waals surface area contributed by atoms with E-state index in [9.17, 15) is 9.59 Å². The van der Waals surface area contributed by atoms with E-state index in [0.29, 0.717) is 36.0 Å². The molecule has 2 aromatic rings. The van der Waals surface area contributed by atoms with Gasteiger partial charge in [-0.15, -0.1) is 6.58 Å². The van der Waals surface area contributed by atoms with E-state index in [1.165, 1.54) is 6.92 Å². The highest BCUT2D eigenvalue weighted by Gasteiger charge is 2.61. The number of esters is 1. The summed E-state index contributed by atoms with van der Waals surface area (Å²) in [5, 5.41) is 0.915. The van der Waals surface area contributed by atoms with Crippen LogP contribution in [0.1, 0.15) is 57.6 Å². The number of ether oxygens (including phenoxy) is 2. The lowest BCUT2D eigenvalue weighted by molar-refractivity contribution is -0.190. The van der Waals surface area contributed by atoms with E-state index in [2.05, 4.69) is 42.4 Å². The molecule has 3 atom stereocenters. The number of piperidine rings is 1. The van der Waals surface area contributed by atoms with Crippen LogP contribution in [0.4, 0.5) is 0 Å². The van der Waals surface area contributed by atoms with Gasteiger partial charge in [-0.25, -0.2) is 0 Å². The molecule has 8 heteroatoms. The van der Waals surface area contributed by atoms with Gasteiger partial charge in [0.15, 0.2) is 0 Å². The van der Waals surface area contributed by atoms with Crippen LogP contribution in [0.5, 0.6) is 5.75 Å². The summed E-state index contributed by atoms with van der Waals surface area (Å²) in [5.41, 5.74) is 0.692. The van der Waals surface area contributed by atoms with E-state index in [-0.39, 0.29) is 30.3 Å². The standard InChI is InChI=1S/C33H42Cl2N2O4/c1-6-15-36-16-14-32(26-8-7-9-28(19-26)40-5)20-27(12-13-33(32,22-36)41-24(4)38)37(21-23(2)3)31(39)18-25-10-11-29(34)30(35)17-25/h6-11,17,19,23,27H,1,12-16,18,20-22H2,2-5H3. The van der Waals surface area contributed by atoms with E-state index in [1.807, 2.05) is 24.3 Å². The predicted molar refractivity (Wildman–Crippen MR) is 165 cm³/mol. The molecule has 1 saturated heterocycles. The minimum absolute atomic E-state index is 0.0199. The Kier molecular flexibility index (Phi) is 10.1. The summed E-state index contributed by atoms with van der Waals surface area (Å²) >= 11 is 12.4. The fourth-order valence-electron chi connectivity index (χ4n) is 6.96. The molecular weight excluding hydrogens is 559 g/mol. The molecule has 0 bridgehead atoms. The Bertz CT molecular complexity index is 1270. The number of methoxy groups -OCH3 is 1. The Morgan fingerprint density at radius 3 is 2.61 bits per heavy atom. The van der Waals surface area contributed by atoms with Crippen molar-refractivity contribution in [2.45, 2.75) is 69.9 Å². The number of nitrogens with zero attached hydrogens (tertiary/aromatic N) is 2. The Balaban J connectivity index is 1.76. The number of hydrogen-bond donors (Lipinski definition) is 0. The lowest BCUT2D eigenvalue weighted by Gasteiger charge is -2.60. The zero-order valence-electron chi connectivity index (χ0n) is 24.6. The molecule has 6 nitrogen and oxygen atoms in total. The second-order valence-electron chi connectivity index (χ2n) is 11.9. The largest absolute Gasteiger partial charge is 0.497 e. The topological polar surface area (TPSA) is 59.1 Å². The van der Waals surface area contributed by atoms with Crippen molar-refractivity contribution in [3.05, 3.63) is 76.3 Å². The molecule has 41 heavy (non-hydrogen) atoms. The monoisotopic (exact) mass is 600 g/mol. The van der Waals surface area contributed by atoms with Crippen molar-refractivity contribution < 1.29 is 19.1 Å². The third kappa shape index (κ3) is 6.76. The van der Waals surface area contributed by atoms with Crippen molar-refractivity contribution >= 4 is 35.1 Å². The van der Waals surface area contributed by atoms with Crippen molar-refractivity contribution in [1.82, 2.24) is 9.80 Å². The lowest BCUT2D eigenvalue weighted by atomic mass is 9.54. The van der Waals surface area contributed by atoms with Crippen molar-refractivity contribution in [3.8, 4) is 5.75 Å².